The molecule has 0 saturated heterocycles. The van der Waals surface area contributed by atoms with Crippen molar-refractivity contribution in [1.29, 1.82) is 0 Å². The summed E-state index contributed by atoms with van der Waals surface area (Å²) < 4.78 is 18.9. The van der Waals surface area contributed by atoms with Crippen LogP contribution in [0.2, 0.25) is 0 Å². The molecule has 4 nitrogen and oxygen atoms in total. The van der Waals surface area contributed by atoms with E-state index in [2.05, 4.69) is 9.97 Å². The van der Waals surface area contributed by atoms with E-state index < -0.39 is 0 Å². The van der Waals surface area contributed by atoms with Gasteiger partial charge >= 0.3 is 0 Å². The van der Waals surface area contributed by atoms with Crippen LogP contribution in [0.3, 0.4) is 0 Å². The summed E-state index contributed by atoms with van der Waals surface area (Å²) in [6.45, 7) is 1.77. The Morgan fingerprint density at radius 3 is 2.70 bits per heavy atom. The number of hydrogen-bond donors (Lipinski definition) is 1. The number of fused-ring (bicyclic) bond motifs is 1. The number of rotatable bonds is 2. The zero-order valence-corrected chi connectivity index (χ0v) is 10.8. The number of benzene rings is 2. The number of halogens is 1. The van der Waals surface area contributed by atoms with Crippen LogP contribution >= 0.6 is 0 Å². The molecule has 0 fully saturated rings. The minimum absolute atomic E-state index is 0.137. The molecule has 3 aromatic rings. The monoisotopic (exact) mass is 269 g/mol. The first-order chi connectivity index (χ1) is 9.63. The largest absolute Gasteiger partial charge is 0.438 e. The average molecular weight is 269 g/mol. The molecule has 0 spiro atoms. The summed E-state index contributed by atoms with van der Waals surface area (Å²) in [7, 11) is 0. The van der Waals surface area contributed by atoms with E-state index in [0.717, 1.165) is 5.39 Å². The van der Waals surface area contributed by atoms with Crippen LogP contribution in [0.15, 0.2) is 42.5 Å². The third-order valence-corrected chi connectivity index (χ3v) is 2.93. The first kappa shape index (κ1) is 12.3. The lowest BCUT2D eigenvalue weighted by Crippen LogP contribution is -1.99. The molecule has 0 radical (unpaired) electrons. The van der Waals surface area contributed by atoms with Crippen molar-refractivity contribution in [3.05, 3.63) is 53.8 Å². The summed E-state index contributed by atoms with van der Waals surface area (Å²) in [6.07, 6.45) is 0. The summed E-state index contributed by atoms with van der Waals surface area (Å²) in [4.78, 5) is 8.25. The second-order valence-corrected chi connectivity index (χ2v) is 4.42. The smallest absolute Gasteiger partial charge is 0.231 e. The molecule has 2 aromatic carbocycles. The normalized spacial score (nSPS) is 10.7. The molecule has 0 amide bonds. The second kappa shape index (κ2) is 4.77. The van der Waals surface area contributed by atoms with Gasteiger partial charge in [0.1, 0.15) is 11.6 Å². The molecule has 0 aliphatic heterocycles. The van der Waals surface area contributed by atoms with E-state index in [0.29, 0.717) is 22.7 Å². The van der Waals surface area contributed by atoms with Crippen molar-refractivity contribution >= 4 is 16.9 Å². The summed E-state index contributed by atoms with van der Waals surface area (Å²) in [5.74, 6) is 0.734. The van der Waals surface area contributed by atoms with Crippen molar-refractivity contribution in [3.63, 3.8) is 0 Å². The lowest BCUT2D eigenvalue weighted by molar-refractivity contribution is 0.463. The molecule has 20 heavy (non-hydrogen) atoms. The number of nitrogens with two attached hydrogens (primary N) is 1. The Labute approximate surface area is 115 Å². The van der Waals surface area contributed by atoms with Crippen LogP contribution < -0.4 is 10.5 Å². The van der Waals surface area contributed by atoms with Gasteiger partial charge in [-0.3, -0.25) is 0 Å². The Morgan fingerprint density at radius 1 is 1.10 bits per heavy atom. The van der Waals surface area contributed by atoms with Gasteiger partial charge in [0.25, 0.3) is 0 Å². The highest BCUT2D eigenvalue weighted by Gasteiger charge is 2.10. The fraction of sp³-hybridized carbons (Fsp3) is 0.0667. The fourth-order valence-corrected chi connectivity index (χ4v) is 1.97. The van der Waals surface area contributed by atoms with Gasteiger partial charge in [0.2, 0.25) is 11.8 Å². The fourth-order valence-electron chi connectivity index (χ4n) is 1.97. The van der Waals surface area contributed by atoms with Crippen molar-refractivity contribution in [3.8, 4) is 11.6 Å². The Bertz CT molecular complexity index is 789. The Morgan fingerprint density at radius 2 is 1.90 bits per heavy atom. The van der Waals surface area contributed by atoms with Crippen molar-refractivity contribution in [1.82, 2.24) is 9.97 Å². The highest BCUT2D eigenvalue weighted by molar-refractivity contribution is 5.84. The molecule has 2 N–H and O–H groups in total. The molecule has 0 unspecified atom stereocenters. The van der Waals surface area contributed by atoms with E-state index in [-0.39, 0.29) is 11.8 Å². The maximum Gasteiger partial charge on any atom is 0.231 e. The van der Waals surface area contributed by atoms with Crippen LogP contribution in [-0.2, 0) is 0 Å². The molecular formula is C15H12FN3O. The zero-order valence-electron chi connectivity index (χ0n) is 10.8. The molecule has 0 bridgehead atoms. The quantitative estimate of drug-likeness (QED) is 0.774. The van der Waals surface area contributed by atoms with Crippen molar-refractivity contribution in [2.45, 2.75) is 6.92 Å². The van der Waals surface area contributed by atoms with E-state index in [1.807, 2.05) is 24.3 Å². The van der Waals surface area contributed by atoms with E-state index in [1.165, 1.54) is 12.1 Å². The molecule has 0 aliphatic carbocycles. The van der Waals surface area contributed by atoms with Crippen LogP contribution in [0.25, 0.3) is 10.9 Å². The van der Waals surface area contributed by atoms with E-state index in [1.54, 1.807) is 13.0 Å². The number of para-hydroxylation sites is 1. The van der Waals surface area contributed by atoms with Crippen molar-refractivity contribution < 1.29 is 9.13 Å². The summed E-state index contributed by atoms with van der Waals surface area (Å²) in [6, 6.07) is 11.7. The molecule has 5 heteroatoms. The van der Waals surface area contributed by atoms with Crippen LogP contribution in [0.1, 0.15) is 5.56 Å². The molecule has 0 aliphatic rings. The van der Waals surface area contributed by atoms with E-state index >= 15 is 0 Å². The predicted molar refractivity (Wildman–Crippen MR) is 75.2 cm³/mol. The minimum Gasteiger partial charge on any atom is -0.438 e. The Balaban J connectivity index is 2.10. The van der Waals surface area contributed by atoms with E-state index in [4.69, 9.17) is 10.5 Å². The third kappa shape index (κ3) is 2.25. The molecule has 1 aromatic heterocycles. The molecule has 3 rings (SSSR count). The Kier molecular flexibility index (Phi) is 2.95. The lowest BCUT2D eigenvalue weighted by atomic mass is 10.2. The number of ether oxygens (including phenoxy) is 1. The number of aryl methyl sites for hydroxylation is 1. The van der Waals surface area contributed by atoms with Gasteiger partial charge in [-0.2, -0.15) is 4.98 Å². The number of nitrogens with zero attached hydrogens (tertiary/aromatic N) is 2. The standard InChI is InChI=1S/C15H12FN3O/c1-9-8-10(16)6-7-13(9)20-14-11-4-2-3-5-12(11)18-15(17)19-14/h2-8H,1H3,(H2,17,18,19). The highest BCUT2D eigenvalue weighted by Crippen LogP contribution is 2.29. The highest BCUT2D eigenvalue weighted by atomic mass is 19.1. The van der Waals surface area contributed by atoms with Gasteiger partial charge in [-0.05, 0) is 42.8 Å². The maximum atomic E-state index is 13.1. The summed E-state index contributed by atoms with van der Waals surface area (Å²) in [5, 5.41) is 0.755. The molecule has 0 saturated carbocycles. The first-order valence-electron chi connectivity index (χ1n) is 6.10. The molecule has 100 valence electrons. The van der Waals surface area contributed by atoms with Crippen LogP contribution in [0.4, 0.5) is 10.3 Å². The van der Waals surface area contributed by atoms with Crippen LogP contribution in [0, 0.1) is 12.7 Å². The first-order valence-corrected chi connectivity index (χ1v) is 6.10. The maximum absolute atomic E-state index is 13.1. The van der Waals surface area contributed by atoms with Crippen LogP contribution in [-0.4, -0.2) is 9.97 Å². The third-order valence-electron chi connectivity index (χ3n) is 2.93. The van der Waals surface area contributed by atoms with Crippen molar-refractivity contribution in [2.75, 3.05) is 5.73 Å². The van der Waals surface area contributed by atoms with Gasteiger partial charge < -0.3 is 10.5 Å². The minimum atomic E-state index is -0.304. The van der Waals surface area contributed by atoms with E-state index in [9.17, 15) is 4.39 Å². The number of nitrogen functional groups attached to an aromatic ring is 1. The predicted octanol–water partition coefficient (Wildman–Crippen LogP) is 3.45. The lowest BCUT2D eigenvalue weighted by Gasteiger charge is -2.10. The van der Waals surface area contributed by atoms with Gasteiger partial charge in [-0.15, -0.1) is 0 Å². The zero-order chi connectivity index (χ0) is 14.1. The topological polar surface area (TPSA) is 61.0 Å². The average Bonchev–Trinajstić information content (AvgIpc) is 2.41. The number of hydrogen-bond acceptors (Lipinski definition) is 4. The van der Waals surface area contributed by atoms with Gasteiger partial charge in [0, 0.05) is 0 Å². The Hall–Kier alpha value is -2.69. The molecule has 0 atom stereocenters. The van der Waals surface area contributed by atoms with Gasteiger partial charge in [0.05, 0.1) is 10.9 Å². The SMILES string of the molecule is Cc1cc(F)ccc1Oc1nc(N)nc2ccccc12. The molecule has 1 heterocycles. The second-order valence-electron chi connectivity index (χ2n) is 4.42. The summed E-state index contributed by atoms with van der Waals surface area (Å²) >= 11 is 0. The number of aromatic nitrogens is 2. The molecular weight excluding hydrogens is 257 g/mol. The number of anilines is 1. The van der Waals surface area contributed by atoms with Gasteiger partial charge in [-0.1, -0.05) is 12.1 Å². The summed E-state index contributed by atoms with van der Waals surface area (Å²) in [5.41, 5.74) is 7.07. The van der Waals surface area contributed by atoms with Gasteiger partial charge in [-0.25, -0.2) is 9.37 Å². The van der Waals surface area contributed by atoms with Crippen LogP contribution in [0.5, 0.6) is 11.6 Å². The van der Waals surface area contributed by atoms with Crippen molar-refractivity contribution in [2.24, 2.45) is 0 Å². The van der Waals surface area contributed by atoms with Gasteiger partial charge in [0.15, 0.2) is 0 Å².